The van der Waals surface area contributed by atoms with Gasteiger partial charge in [-0.3, -0.25) is 14.2 Å². The number of rotatable bonds is 6. The van der Waals surface area contributed by atoms with Crippen LogP contribution >= 0.6 is 23.1 Å². The van der Waals surface area contributed by atoms with Crippen LogP contribution in [0.25, 0.3) is 21.6 Å². The van der Waals surface area contributed by atoms with Crippen LogP contribution in [0, 0.1) is 6.92 Å². The number of para-hydroxylation sites is 1. The van der Waals surface area contributed by atoms with Gasteiger partial charge in [0.25, 0.3) is 11.1 Å². The molecule has 0 atom stereocenters. The fourth-order valence-corrected chi connectivity index (χ4v) is 5.40. The maximum absolute atomic E-state index is 13.6. The summed E-state index contributed by atoms with van der Waals surface area (Å²) in [6.45, 7) is 3.95. The third kappa shape index (κ3) is 3.99. The molecule has 0 radical (unpaired) electrons. The minimum absolute atomic E-state index is 0.185. The number of ether oxygens (including phenoxy) is 1. The number of nitrogens with zero attached hydrogens (tertiary/aromatic N) is 5. The van der Waals surface area contributed by atoms with E-state index in [1.54, 1.807) is 17.7 Å². The highest BCUT2D eigenvalue weighted by atomic mass is 32.2. The second-order valence-corrected chi connectivity index (χ2v) is 9.63. The molecule has 3 aromatic heterocycles. The van der Waals surface area contributed by atoms with Gasteiger partial charge in [-0.25, -0.2) is 9.97 Å². The van der Waals surface area contributed by atoms with Gasteiger partial charge in [-0.15, -0.1) is 0 Å². The molecule has 5 rings (SSSR count). The van der Waals surface area contributed by atoms with E-state index in [0.29, 0.717) is 43.9 Å². The Balaban J connectivity index is 1.63. The van der Waals surface area contributed by atoms with Crippen LogP contribution in [0.5, 0.6) is 5.75 Å². The molecule has 5 aromatic rings. The largest absolute Gasteiger partial charge is 0.495 e. The van der Waals surface area contributed by atoms with Gasteiger partial charge in [0.2, 0.25) is 4.96 Å². The quantitative estimate of drug-likeness (QED) is 0.262. The second-order valence-electron chi connectivity index (χ2n) is 7.65. The van der Waals surface area contributed by atoms with Gasteiger partial charge in [-0.1, -0.05) is 48.2 Å². The van der Waals surface area contributed by atoms with Gasteiger partial charge in [-0.05, 0) is 43.2 Å². The summed E-state index contributed by atoms with van der Waals surface area (Å²) in [5.41, 5.74) is 2.41. The molecule has 3 heterocycles. The average molecular weight is 492 g/mol. The van der Waals surface area contributed by atoms with Gasteiger partial charge < -0.3 is 4.74 Å². The van der Waals surface area contributed by atoms with E-state index in [1.165, 1.54) is 33.7 Å². The lowest BCUT2D eigenvalue weighted by atomic mass is 10.2. The van der Waals surface area contributed by atoms with E-state index < -0.39 is 0 Å². The van der Waals surface area contributed by atoms with Crippen molar-refractivity contribution in [1.29, 1.82) is 0 Å². The lowest BCUT2D eigenvalue weighted by Gasteiger charge is -2.16. The van der Waals surface area contributed by atoms with Crippen LogP contribution in [0.4, 0.5) is 0 Å². The van der Waals surface area contributed by atoms with Crippen molar-refractivity contribution in [1.82, 2.24) is 24.1 Å². The Hall–Kier alpha value is -3.50. The zero-order valence-corrected chi connectivity index (χ0v) is 20.4. The van der Waals surface area contributed by atoms with Crippen LogP contribution in [0.3, 0.4) is 0 Å². The van der Waals surface area contributed by atoms with Crippen LogP contribution in [-0.2, 0) is 12.2 Å². The Morgan fingerprint density at radius 2 is 1.91 bits per heavy atom. The van der Waals surface area contributed by atoms with Crippen molar-refractivity contribution in [3.05, 3.63) is 85.5 Å². The predicted molar refractivity (Wildman–Crippen MR) is 135 cm³/mol. The van der Waals surface area contributed by atoms with E-state index >= 15 is 0 Å². The van der Waals surface area contributed by atoms with Crippen LogP contribution in [0.15, 0.2) is 63.3 Å². The molecule has 0 aliphatic carbocycles. The van der Waals surface area contributed by atoms with Crippen molar-refractivity contribution >= 4 is 39.0 Å². The molecule has 0 fully saturated rings. The molecule has 0 saturated carbocycles. The molecule has 2 aromatic carbocycles. The van der Waals surface area contributed by atoms with Gasteiger partial charge in [0.1, 0.15) is 10.8 Å². The first-order chi connectivity index (χ1) is 16.5. The van der Waals surface area contributed by atoms with Crippen molar-refractivity contribution in [3.8, 4) is 11.4 Å². The summed E-state index contributed by atoms with van der Waals surface area (Å²) in [7, 11) is 1.58. The Kier molecular flexibility index (Phi) is 5.93. The van der Waals surface area contributed by atoms with Crippen molar-refractivity contribution < 1.29 is 4.74 Å². The van der Waals surface area contributed by atoms with E-state index in [-0.39, 0.29) is 11.1 Å². The maximum atomic E-state index is 13.6. The smallest absolute Gasteiger partial charge is 0.275 e. The highest BCUT2D eigenvalue weighted by molar-refractivity contribution is 7.98. The standard InChI is InChI=1S/C24H21N5O3S2/c1-4-20-27-29-21(30)12-15(25-24(29)34-20)13-33-23-26-17-8-6-5-7-16(17)22(31)28(23)18-11-14(2)9-10-19(18)32-3/h5-12H,4,13H2,1-3H3. The molecule has 34 heavy (non-hydrogen) atoms. The lowest BCUT2D eigenvalue weighted by molar-refractivity contribution is 0.411. The van der Waals surface area contributed by atoms with E-state index in [1.807, 2.05) is 50.2 Å². The first-order valence-electron chi connectivity index (χ1n) is 10.7. The molecule has 0 bridgehead atoms. The summed E-state index contributed by atoms with van der Waals surface area (Å²) in [4.78, 5) is 36.1. The summed E-state index contributed by atoms with van der Waals surface area (Å²) in [6, 6.07) is 14.4. The molecule has 0 saturated heterocycles. The van der Waals surface area contributed by atoms with Gasteiger partial charge in [0.05, 0.1) is 29.4 Å². The number of fused-ring (bicyclic) bond motifs is 2. The molecule has 0 unspecified atom stereocenters. The van der Waals surface area contributed by atoms with Gasteiger partial charge in [-0.2, -0.15) is 9.61 Å². The summed E-state index contributed by atoms with van der Waals surface area (Å²) >= 11 is 2.75. The number of methoxy groups -OCH3 is 1. The Morgan fingerprint density at radius 3 is 2.71 bits per heavy atom. The fraction of sp³-hybridized carbons (Fsp3) is 0.208. The van der Waals surface area contributed by atoms with E-state index in [9.17, 15) is 9.59 Å². The zero-order valence-electron chi connectivity index (χ0n) is 18.8. The van der Waals surface area contributed by atoms with Gasteiger partial charge in [0.15, 0.2) is 5.16 Å². The van der Waals surface area contributed by atoms with Crippen molar-refractivity contribution in [3.63, 3.8) is 0 Å². The fourth-order valence-electron chi connectivity index (χ4n) is 3.65. The number of benzene rings is 2. The molecule has 0 aliphatic rings. The van der Waals surface area contributed by atoms with Gasteiger partial charge >= 0.3 is 0 Å². The molecule has 0 amide bonds. The summed E-state index contributed by atoms with van der Waals surface area (Å²) in [5, 5.41) is 6.16. The molecule has 8 nitrogen and oxygen atoms in total. The van der Waals surface area contributed by atoms with E-state index in [4.69, 9.17) is 9.72 Å². The molecule has 172 valence electrons. The number of aromatic nitrogens is 5. The third-order valence-corrected chi connectivity index (χ3v) is 7.34. The Labute approximate surface area is 202 Å². The van der Waals surface area contributed by atoms with E-state index in [2.05, 4.69) is 10.1 Å². The molecule has 10 heteroatoms. The number of hydrogen-bond donors (Lipinski definition) is 0. The first kappa shape index (κ1) is 22.3. The minimum atomic E-state index is -0.222. The van der Waals surface area contributed by atoms with Crippen LogP contribution in [0.2, 0.25) is 0 Å². The summed E-state index contributed by atoms with van der Waals surface area (Å²) in [6.07, 6.45) is 0.739. The second kappa shape index (κ2) is 9.03. The monoisotopic (exact) mass is 491 g/mol. The SMILES string of the molecule is CCc1nn2c(=O)cc(CSc3nc4ccccc4c(=O)n3-c3cc(C)ccc3OC)nc2s1. The molecule has 0 N–H and O–H groups in total. The van der Waals surface area contributed by atoms with Crippen molar-refractivity contribution in [2.24, 2.45) is 0 Å². The van der Waals surface area contributed by atoms with Crippen LogP contribution in [0.1, 0.15) is 23.2 Å². The number of aryl methyl sites for hydroxylation is 2. The molecular weight excluding hydrogens is 470 g/mol. The van der Waals surface area contributed by atoms with Crippen molar-refractivity contribution in [2.75, 3.05) is 7.11 Å². The topological polar surface area (TPSA) is 91.4 Å². The normalized spacial score (nSPS) is 11.4. The third-order valence-electron chi connectivity index (χ3n) is 5.31. The van der Waals surface area contributed by atoms with E-state index in [0.717, 1.165) is 17.0 Å². The molecular formula is C24H21N5O3S2. The summed E-state index contributed by atoms with van der Waals surface area (Å²) < 4.78 is 8.47. The Morgan fingerprint density at radius 1 is 1.09 bits per heavy atom. The minimum Gasteiger partial charge on any atom is -0.495 e. The van der Waals surface area contributed by atoms with Crippen LogP contribution in [-0.4, -0.2) is 31.3 Å². The first-order valence-corrected chi connectivity index (χ1v) is 12.5. The number of hydrogen-bond acceptors (Lipinski definition) is 8. The highest BCUT2D eigenvalue weighted by Crippen LogP contribution is 2.29. The molecule has 0 aliphatic heterocycles. The van der Waals surface area contributed by atoms with Crippen molar-refractivity contribution in [2.45, 2.75) is 31.2 Å². The Bertz CT molecular complexity index is 1650. The maximum Gasteiger partial charge on any atom is 0.275 e. The average Bonchev–Trinajstić information content (AvgIpc) is 3.27. The van der Waals surface area contributed by atoms with Crippen LogP contribution < -0.4 is 15.9 Å². The van der Waals surface area contributed by atoms with Gasteiger partial charge in [0, 0.05) is 11.8 Å². The molecule has 0 spiro atoms. The highest BCUT2D eigenvalue weighted by Gasteiger charge is 2.18. The number of thioether (sulfide) groups is 1. The predicted octanol–water partition coefficient (Wildman–Crippen LogP) is 4.02. The zero-order chi connectivity index (χ0) is 23.8. The lowest BCUT2D eigenvalue weighted by Crippen LogP contribution is -2.22. The summed E-state index contributed by atoms with van der Waals surface area (Å²) in [5.74, 6) is 0.936.